The molecule has 1 unspecified atom stereocenters. The third-order valence-corrected chi connectivity index (χ3v) is 3.62. The minimum atomic E-state index is -0.911. The lowest BCUT2D eigenvalue weighted by molar-refractivity contribution is 0.0815. The van der Waals surface area contributed by atoms with Gasteiger partial charge < -0.3 is 19.8 Å². The van der Waals surface area contributed by atoms with Crippen LogP contribution in [0, 0.1) is 0 Å². The number of aromatic nitrogens is 3. The SMILES string of the molecule is O=c1[nH]c2cc(Cl)ccc2cc1-c1nccn1CC(O)CO. The predicted molar refractivity (Wildman–Crippen MR) is 83.9 cm³/mol. The Morgan fingerprint density at radius 2 is 2.18 bits per heavy atom. The Hall–Kier alpha value is -2.15. The van der Waals surface area contributed by atoms with Gasteiger partial charge in [-0.05, 0) is 23.6 Å². The summed E-state index contributed by atoms with van der Waals surface area (Å²) < 4.78 is 1.63. The van der Waals surface area contributed by atoms with E-state index < -0.39 is 6.10 Å². The summed E-state index contributed by atoms with van der Waals surface area (Å²) in [6, 6.07) is 6.97. The van der Waals surface area contributed by atoms with Crippen LogP contribution in [-0.4, -0.2) is 37.5 Å². The number of imidazole rings is 1. The molecule has 1 aromatic carbocycles. The van der Waals surface area contributed by atoms with Gasteiger partial charge in [0, 0.05) is 22.9 Å². The lowest BCUT2D eigenvalue weighted by Gasteiger charge is -2.11. The van der Waals surface area contributed by atoms with Gasteiger partial charge in [-0.25, -0.2) is 4.98 Å². The van der Waals surface area contributed by atoms with Crippen molar-refractivity contribution in [1.82, 2.24) is 14.5 Å². The third-order valence-electron chi connectivity index (χ3n) is 3.38. The number of rotatable bonds is 4. The van der Waals surface area contributed by atoms with Crippen molar-refractivity contribution in [2.45, 2.75) is 12.6 Å². The number of H-pyrrole nitrogens is 1. The van der Waals surface area contributed by atoms with Crippen molar-refractivity contribution in [2.24, 2.45) is 0 Å². The van der Waals surface area contributed by atoms with E-state index >= 15 is 0 Å². The van der Waals surface area contributed by atoms with E-state index in [2.05, 4.69) is 9.97 Å². The molecule has 22 heavy (non-hydrogen) atoms. The van der Waals surface area contributed by atoms with Gasteiger partial charge >= 0.3 is 0 Å². The van der Waals surface area contributed by atoms with E-state index in [4.69, 9.17) is 16.7 Å². The van der Waals surface area contributed by atoms with Crippen LogP contribution in [0.25, 0.3) is 22.3 Å². The summed E-state index contributed by atoms with van der Waals surface area (Å²) in [5, 5.41) is 19.9. The standard InChI is InChI=1S/C15H14ClN3O3/c16-10-2-1-9-5-12(15(22)18-13(9)6-10)14-17-3-4-19(14)7-11(21)8-20/h1-6,11,20-21H,7-8H2,(H,18,22). The zero-order chi connectivity index (χ0) is 15.7. The van der Waals surface area contributed by atoms with E-state index in [1.807, 2.05) is 6.07 Å². The molecule has 3 aromatic rings. The molecule has 6 nitrogen and oxygen atoms in total. The quantitative estimate of drug-likeness (QED) is 0.678. The van der Waals surface area contributed by atoms with Crippen molar-refractivity contribution in [3.63, 3.8) is 0 Å². The molecule has 7 heteroatoms. The first-order valence-electron chi connectivity index (χ1n) is 6.71. The summed E-state index contributed by atoms with van der Waals surface area (Å²) in [7, 11) is 0. The molecule has 0 bridgehead atoms. The van der Waals surface area contributed by atoms with Gasteiger partial charge in [0.05, 0.1) is 24.8 Å². The Balaban J connectivity index is 2.11. The van der Waals surface area contributed by atoms with E-state index in [1.165, 1.54) is 0 Å². The molecule has 0 spiro atoms. The van der Waals surface area contributed by atoms with Gasteiger partial charge in [-0.3, -0.25) is 4.79 Å². The highest BCUT2D eigenvalue weighted by atomic mass is 35.5. The number of aliphatic hydroxyl groups excluding tert-OH is 2. The molecule has 0 aliphatic rings. The molecular formula is C15H14ClN3O3. The largest absolute Gasteiger partial charge is 0.394 e. The van der Waals surface area contributed by atoms with E-state index in [0.29, 0.717) is 21.9 Å². The molecule has 3 rings (SSSR count). The van der Waals surface area contributed by atoms with E-state index in [0.717, 1.165) is 5.39 Å². The summed E-state index contributed by atoms with van der Waals surface area (Å²) in [6.45, 7) is -0.200. The highest BCUT2D eigenvalue weighted by molar-refractivity contribution is 6.31. The highest BCUT2D eigenvalue weighted by Gasteiger charge is 2.13. The number of nitrogens with zero attached hydrogens (tertiary/aromatic N) is 2. The second-order valence-corrected chi connectivity index (χ2v) is 5.42. The van der Waals surface area contributed by atoms with Crippen molar-refractivity contribution >= 4 is 22.5 Å². The van der Waals surface area contributed by atoms with Gasteiger partial charge in [0.1, 0.15) is 5.82 Å². The zero-order valence-electron chi connectivity index (χ0n) is 11.5. The number of halogens is 1. The number of hydrogen-bond acceptors (Lipinski definition) is 4. The van der Waals surface area contributed by atoms with Crippen molar-refractivity contribution in [1.29, 1.82) is 0 Å². The maximum Gasteiger partial charge on any atom is 0.259 e. The molecule has 0 aliphatic heterocycles. The monoisotopic (exact) mass is 319 g/mol. The molecule has 2 aromatic heterocycles. The maximum atomic E-state index is 12.3. The summed E-state index contributed by atoms with van der Waals surface area (Å²) in [5.74, 6) is 0.436. The lowest BCUT2D eigenvalue weighted by atomic mass is 10.1. The van der Waals surface area contributed by atoms with Gasteiger partial charge in [0.25, 0.3) is 5.56 Å². The fraction of sp³-hybridized carbons (Fsp3) is 0.200. The van der Waals surface area contributed by atoms with Crippen LogP contribution in [0.4, 0.5) is 0 Å². The molecule has 0 saturated carbocycles. The summed E-state index contributed by atoms with van der Waals surface area (Å²) in [4.78, 5) is 19.2. The summed E-state index contributed by atoms with van der Waals surface area (Å²) in [5.41, 5.74) is 0.750. The van der Waals surface area contributed by atoms with Crippen LogP contribution >= 0.6 is 11.6 Å². The second kappa shape index (κ2) is 5.92. The molecule has 114 valence electrons. The van der Waals surface area contributed by atoms with Crippen molar-refractivity contribution in [3.05, 3.63) is 52.0 Å². The first-order chi connectivity index (χ1) is 10.6. The first kappa shape index (κ1) is 14.8. The average Bonchev–Trinajstić information content (AvgIpc) is 2.94. The van der Waals surface area contributed by atoms with Gasteiger partial charge in [-0.1, -0.05) is 17.7 Å². The van der Waals surface area contributed by atoms with Crippen molar-refractivity contribution < 1.29 is 10.2 Å². The number of nitrogens with one attached hydrogen (secondary N) is 1. The van der Waals surface area contributed by atoms with Crippen molar-refractivity contribution in [3.8, 4) is 11.4 Å². The number of aliphatic hydroxyl groups is 2. The topological polar surface area (TPSA) is 91.1 Å². The Bertz CT molecular complexity index is 872. The smallest absolute Gasteiger partial charge is 0.259 e. The van der Waals surface area contributed by atoms with Gasteiger partial charge in [0.15, 0.2) is 0 Å². The van der Waals surface area contributed by atoms with Gasteiger partial charge in [0.2, 0.25) is 0 Å². The van der Waals surface area contributed by atoms with Gasteiger partial charge in [-0.2, -0.15) is 0 Å². The van der Waals surface area contributed by atoms with Crippen LogP contribution in [0.5, 0.6) is 0 Å². The predicted octanol–water partition coefficient (Wildman–Crippen LogP) is 1.40. The Morgan fingerprint density at radius 3 is 2.95 bits per heavy atom. The normalized spacial score (nSPS) is 12.7. The third kappa shape index (κ3) is 2.76. The van der Waals surface area contributed by atoms with Crippen LogP contribution < -0.4 is 5.56 Å². The van der Waals surface area contributed by atoms with Crippen LogP contribution in [0.3, 0.4) is 0 Å². The fourth-order valence-corrected chi connectivity index (χ4v) is 2.50. The molecule has 3 N–H and O–H groups in total. The molecular weight excluding hydrogens is 306 g/mol. The van der Waals surface area contributed by atoms with E-state index in [1.54, 1.807) is 35.2 Å². The highest BCUT2D eigenvalue weighted by Crippen LogP contribution is 2.21. The molecule has 0 saturated heterocycles. The molecule has 1 atom stereocenters. The van der Waals surface area contributed by atoms with Crippen LogP contribution in [0.2, 0.25) is 5.02 Å². The fourth-order valence-electron chi connectivity index (χ4n) is 2.32. The Labute approximate surface area is 130 Å². The number of aromatic amines is 1. The summed E-state index contributed by atoms with van der Waals surface area (Å²) >= 11 is 5.92. The summed E-state index contributed by atoms with van der Waals surface area (Å²) in [6.07, 6.45) is 2.29. The first-order valence-corrected chi connectivity index (χ1v) is 7.09. The van der Waals surface area contributed by atoms with Crippen LogP contribution in [0.1, 0.15) is 0 Å². The Kier molecular flexibility index (Phi) is 3.98. The molecule has 0 amide bonds. The van der Waals surface area contributed by atoms with E-state index in [-0.39, 0.29) is 18.7 Å². The average molecular weight is 320 g/mol. The van der Waals surface area contributed by atoms with Crippen LogP contribution in [-0.2, 0) is 6.54 Å². The molecule has 2 heterocycles. The minimum Gasteiger partial charge on any atom is -0.394 e. The Morgan fingerprint density at radius 1 is 1.36 bits per heavy atom. The number of hydrogen-bond donors (Lipinski definition) is 3. The lowest BCUT2D eigenvalue weighted by Crippen LogP contribution is -2.21. The number of benzene rings is 1. The molecule has 0 fully saturated rings. The second-order valence-electron chi connectivity index (χ2n) is 4.98. The van der Waals surface area contributed by atoms with Crippen molar-refractivity contribution in [2.75, 3.05) is 6.61 Å². The van der Waals surface area contributed by atoms with Gasteiger partial charge in [-0.15, -0.1) is 0 Å². The molecule has 0 radical (unpaired) electrons. The number of pyridine rings is 1. The van der Waals surface area contributed by atoms with Crippen LogP contribution in [0.15, 0.2) is 41.5 Å². The zero-order valence-corrected chi connectivity index (χ0v) is 12.3. The minimum absolute atomic E-state index is 0.157. The number of fused-ring (bicyclic) bond motifs is 1. The van der Waals surface area contributed by atoms with E-state index in [9.17, 15) is 9.90 Å². The molecule has 0 aliphatic carbocycles. The maximum absolute atomic E-state index is 12.3.